The van der Waals surface area contributed by atoms with Gasteiger partial charge in [0.25, 0.3) is 0 Å². The lowest BCUT2D eigenvalue weighted by Gasteiger charge is -2.21. The largest absolute Gasteiger partial charge is 0.464 e. The molecule has 5 nitrogen and oxygen atoms in total. The molecule has 0 aromatic heterocycles. The first kappa shape index (κ1) is 24.5. The van der Waals surface area contributed by atoms with Crippen LogP contribution in [0, 0.1) is 0 Å². The number of ether oxygens (including phenoxy) is 3. The first-order chi connectivity index (χ1) is 16.0. The molecule has 172 valence electrons. The van der Waals surface area contributed by atoms with Gasteiger partial charge in [-0.15, -0.1) is 0 Å². The summed E-state index contributed by atoms with van der Waals surface area (Å²) in [4.78, 5) is 24.9. The first-order valence-corrected chi connectivity index (χ1v) is 11.2. The van der Waals surface area contributed by atoms with Gasteiger partial charge in [-0.2, -0.15) is 0 Å². The second-order valence-electron chi connectivity index (χ2n) is 7.52. The molecule has 0 aliphatic carbocycles. The Morgan fingerprint density at radius 2 is 1.55 bits per heavy atom. The zero-order valence-electron chi connectivity index (χ0n) is 18.7. The number of benzene rings is 3. The van der Waals surface area contributed by atoms with Crippen molar-refractivity contribution >= 4 is 23.5 Å². The highest BCUT2D eigenvalue weighted by Gasteiger charge is 2.27. The highest BCUT2D eigenvalue weighted by Crippen LogP contribution is 2.24. The van der Waals surface area contributed by atoms with Crippen molar-refractivity contribution in [1.29, 1.82) is 0 Å². The number of carbonyl (C=O) groups is 2. The van der Waals surface area contributed by atoms with Crippen LogP contribution in [0.2, 0.25) is 5.02 Å². The van der Waals surface area contributed by atoms with Crippen LogP contribution in [0.15, 0.2) is 78.9 Å². The van der Waals surface area contributed by atoms with Crippen LogP contribution in [-0.2, 0) is 36.8 Å². The van der Waals surface area contributed by atoms with E-state index in [9.17, 15) is 9.59 Å². The van der Waals surface area contributed by atoms with Gasteiger partial charge in [0.1, 0.15) is 6.61 Å². The molecule has 0 aliphatic heterocycles. The average Bonchev–Trinajstić information content (AvgIpc) is 2.83. The van der Waals surface area contributed by atoms with Crippen LogP contribution in [0.1, 0.15) is 25.0 Å². The molecule has 0 aliphatic rings. The molecule has 3 aromatic carbocycles. The van der Waals surface area contributed by atoms with Gasteiger partial charge in [0.15, 0.2) is 12.2 Å². The lowest BCUT2D eigenvalue weighted by molar-refractivity contribution is -0.171. The summed E-state index contributed by atoms with van der Waals surface area (Å²) in [5, 5.41) is 0.666. The van der Waals surface area contributed by atoms with Crippen LogP contribution in [-0.4, -0.2) is 30.8 Å². The van der Waals surface area contributed by atoms with Crippen LogP contribution in [0.25, 0.3) is 11.1 Å². The van der Waals surface area contributed by atoms with E-state index in [1.54, 1.807) is 13.8 Å². The minimum atomic E-state index is -0.954. The fourth-order valence-corrected chi connectivity index (χ4v) is 3.48. The van der Waals surface area contributed by atoms with Crippen molar-refractivity contribution in [3.8, 4) is 11.1 Å². The van der Waals surface area contributed by atoms with E-state index in [-0.39, 0.29) is 19.6 Å². The number of carbonyl (C=O) groups excluding carboxylic acids is 2. The molecule has 0 radical (unpaired) electrons. The zero-order valence-corrected chi connectivity index (χ0v) is 19.5. The Kier molecular flexibility index (Phi) is 9.04. The van der Waals surface area contributed by atoms with Gasteiger partial charge in [-0.25, -0.2) is 9.59 Å². The molecule has 2 atom stereocenters. The molecule has 0 fully saturated rings. The monoisotopic (exact) mass is 466 g/mol. The van der Waals surface area contributed by atoms with Crippen molar-refractivity contribution < 1.29 is 23.8 Å². The molecule has 0 heterocycles. The molecule has 0 saturated heterocycles. The zero-order chi connectivity index (χ0) is 23.6. The van der Waals surface area contributed by atoms with Crippen molar-refractivity contribution in [2.75, 3.05) is 6.61 Å². The molecule has 0 N–H and O–H groups in total. The van der Waals surface area contributed by atoms with Crippen molar-refractivity contribution in [2.45, 2.75) is 39.1 Å². The number of halogens is 1. The Hall–Kier alpha value is -3.15. The van der Waals surface area contributed by atoms with Gasteiger partial charge in [0.2, 0.25) is 0 Å². The Morgan fingerprint density at radius 3 is 2.21 bits per heavy atom. The predicted octanol–water partition coefficient (Wildman–Crippen LogP) is 5.63. The van der Waals surface area contributed by atoms with Crippen molar-refractivity contribution in [2.24, 2.45) is 0 Å². The molecule has 0 amide bonds. The highest BCUT2D eigenvalue weighted by atomic mass is 35.5. The molecule has 6 heteroatoms. The second-order valence-corrected chi connectivity index (χ2v) is 7.96. The maximum absolute atomic E-state index is 12.8. The molecule has 0 saturated carbocycles. The Balaban J connectivity index is 1.72. The van der Waals surface area contributed by atoms with Gasteiger partial charge in [-0.1, -0.05) is 78.3 Å². The summed E-state index contributed by atoms with van der Waals surface area (Å²) in [7, 11) is 0. The van der Waals surface area contributed by atoms with E-state index in [0.717, 1.165) is 22.3 Å². The van der Waals surface area contributed by atoms with E-state index in [1.165, 1.54) is 0 Å². The summed E-state index contributed by atoms with van der Waals surface area (Å²) >= 11 is 6.09. The van der Waals surface area contributed by atoms with Gasteiger partial charge >= 0.3 is 11.9 Å². The van der Waals surface area contributed by atoms with E-state index in [1.807, 2.05) is 78.9 Å². The van der Waals surface area contributed by atoms with Gasteiger partial charge in [-0.05, 0) is 48.2 Å². The molecule has 0 bridgehead atoms. The topological polar surface area (TPSA) is 61.8 Å². The van der Waals surface area contributed by atoms with E-state index >= 15 is 0 Å². The van der Waals surface area contributed by atoms with Gasteiger partial charge in [0, 0.05) is 11.4 Å². The standard InChI is InChI=1S/C27H27ClO5/c1-3-31-26(29)19(2)33-25(27(30)32-18-21-8-5-4-6-9-21)16-20-12-14-22(15-13-20)23-10-7-11-24(28)17-23/h4-15,17,19,25H,3,16,18H2,1-2H3/t19-,25?/m0/s1. The second kappa shape index (κ2) is 12.2. The normalized spacial score (nSPS) is 12.6. The molecule has 1 unspecified atom stereocenters. The van der Waals surface area contributed by atoms with Crippen molar-refractivity contribution in [3.05, 3.63) is 95.0 Å². The van der Waals surface area contributed by atoms with E-state index < -0.39 is 24.1 Å². The summed E-state index contributed by atoms with van der Waals surface area (Å²) in [6.07, 6.45) is -1.59. The third kappa shape index (κ3) is 7.45. The minimum absolute atomic E-state index is 0.126. The van der Waals surface area contributed by atoms with E-state index in [4.69, 9.17) is 25.8 Å². The van der Waals surface area contributed by atoms with Gasteiger partial charge in [0.05, 0.1) is 6.61 Å². The molecular weight excluding hydrogens is 440 g/mol. The fraction of sp³-hybridized carbons (Fsp3) is 0.259. The minimum Gasteiger partial charge on any atom is -0.464 e. The van der Waals surface area contributed by atoms with Crippen LogP contribution in [0.4, 0.5) is 0 Å². The van der Waals surface area contributed by atoms with E-state index in [0.29, 0.717) is 5.02 Å². The maximum Gasteiger partial charge on any atom is 0.335 e. The highest BCUT2D eigenvalue weighted by molar-refractivity contribution is 6.30. The maximum atomic E-state index is 12.8. The fourth-order valence-electron chi connectivity index (χ4n) is 3.29. The van der Waals surface area contributed by atoms with Crippen LogP contribution < -0.4 is 0 Å². The van der Waals surface area contributed by atoms with Crippen LogP contribution >= 0.6 is 11.6 Å². The predicted molar refractivity (Wildman–Crippen MR) is 128 cm³/mol. The number of esters is 2. The third-order valence-electron chi connectivity index (χ3n) is 5.01. The Morgan fingerprint density at radius 1 is 0.818 bits per heavy atom. The summed E-state index contributed by atoms with van der Waals surface area (Å²) in [5.74, 6) is -1.05. The summed E-state index contributed by atoms with van der Waals surface area (Å²) < 4.78 is 16.3. The summed E-state index contributed by atoms with van der Waals surface area (Å²) in [6, 6.07) is 24.8. The Bertz CT molecular complexity index is 1050. The van der Waals surface area contributed by atoms with Crippen molar-refractivity contribution in [3.63, 3.8) is 0 Å². The number of rotatable bonds is 10. The molecule has 0 spiro atoms. The molecular formula is C27H27ClO5. The summed E-state index contributed by atoms with van der Waals surface area (Å²) in [5.41, 5.74) is 3.75. The lowest BCUT2D eigenvalue weighted by atomic mass is 10.0. The van der Waals surface area contributed by atoms with Gasteiger partial charge < -0.3 is 14.2 Å². The van der Waals surface area contributed by atoms with Gasteiger partial charge in [-0.3, -0.25) is 0 Å². The smallest absolute Gasteiger partial charge is 0.335 e. The number of hydrogen-bond donors (Lipinski definition) is 0. The Labute approximate surface area is 199 Å². The van der Waals surface area contributed by atoms with Crippen molar-refractivity contribution in [1.82, 2.24) is 0 Å². The SMILES string of the molecule is CCOC(=O)[C@H](C)OC(Cc1ccc(-c2cccc(Cl)c2)cc1)C(=O)OCc1ccccc1. The van der Waals surface area contributed by atoms with Crippen LogP contribution in [0.5, 0.6) is 0 Å². The lowest BCUT2D eigenvalue weighted by Crippen LogP contribution is -2.36. The van der Waals surface area contributed by atoms with Crippen LogP contribution in [0.3, 0.4) is 0 Å². The molecule has 3 rings (SSSR count). The average molecular weight is 467 g/mol. The molecule has 3 aromatic rings. The molecule has 33 heavy (non-hydrogen) atoms. The first-order valence-electron chi connectivity index (χ1n) is 10.8. The summed E-state index contributed by atoms with van der Waals surface area (Å²) in [6.45, 7) is 3.65. The quantitative estimate of drug-likeness (QED) is 0.362. The third-order valence-corrected chi connectivity index (χ3v) is 5.24. The number of hydrogen-bond acceptors (Lipinski definition) is 5. The van der Waals surface area contributed by atoms with E-state index in [2.05, 4.69) is 0 Å².